The average molecular weight is 315 g/mol. The van der Waals surface area contributed by atoms with Gasteiger partial charge in [-0.25, -0.2) is 0 Å². The Morgan fingerprint density at radius 1 is 0.913 bits per heavy atom. The summed E-state index contributed by atoms with van der Waals surface area (Å²) in [6.07, 6.45) is 0. The van der Waals surface area contributed by atoms with Crippen molar-refractivity contribution in [3.05, 3.63) is 68.3 Å². The standard InChI is InChI=1S/C16H17N3O4/c1-16(2,3)11-9-13(18(20)21)15(14(10-11)19(22)23)17-12-7-5-4-6-8-12/h4-10,17H,1-3H3. The van der Waals surface area contributed by atoms with Crippen molar-refractivity contribution < 1.29 is 9.85 Å². The summed E-state index contributed by atoms with van der Waals surface area (Å²) in [5.74, 6) is 0. The number of para-hydroxylation sites is 1. The second kappa shape index (κ2) is 6.04. The lowest BCUT2D eigenvalue weighted by Crippen LogP contribution is -2.13. The van der Waals surface area contributed by atoms with Gasteiger partial charge in [0.2, 0.25) is 0 Å². The molecule has 2 aromatic carbocycles. The first-order valence-electron chi connectivity index (χ1n) is 6.99. The highest BCUT2D eigenvalue weighted by molar-refractivity contribution is 5.79. The van der Waals surface area contributed by atoms with E-state index in [9.17, 15) is 20.2 Å². The molecule has 0 aromatic heterocycles. The first-order chi connectivity index (χ1) is 10.7. The predicted molar refractivity (Wildman–Crippen MR) is 88.2 cm³/mol. The molecule has 0 radical (unpaired) electrons. The third kappa shape index (κ3) is 3.63. The minimum atomic E-state index is -0.604. The minimum absolute atomic E-state index is 0.112. The van der Waals surface area contributed by atoms with E-state index < -0.39 is 15.3 Å². The van der Waals surface area contributed by atoms with Gasteiger partial charge in [0.25, 0.3) is 11.4 Å². The maximum absolute atomic E-state index is 11.4. The van der Waals surface area contributed by atoms with Gasteiger partial charge in [-0.05, 0) is 23.1 Å². The second-order valence-corrected chi connectivity index (χ2v) is 6.14. The van der Waals surface area contributed by atoms with Gasteiger partial charge in [-0.1, -0.05) is 39.0 Å². The molecular weight excluding hydrogens is 298 g/mol. The molecule has 0 fully saturated rings. The van der Waals surface area contributed by atoms with Crippen LogP contribution >= 0.6 is 0 Å². The lowest BCUT2D eigenvalue weighted by Gasteiger charge is -2.19. The Balaban J connectivity index is 2.67. The molecule has 0 amide bonds. The molecule has 0 spiro atoms. The maximum atomic E-state index is 11.4. The Morgan fingerprint density at radius 3 is 1.78 bits per heavy atom. The van der Waals surface area contributed by atoms with Crippen LogP contribution in [0.2, 0.25) is 0 Å². The van der Waals surface area contributed by atoms with Crippen molar-refractivity contribution in [3.63, 3.8) is 0 Å². The van der Waals surface area contributed by atoms with Crippen molar-refractivity contribution in [3.8, 4) is 0 Å². The Morgan fingerprint density at radius 2 is 1.39 bits per heavy atom. The van der Waals surface area contributed by atoms with Gasteiger partial charge < -0.3 is 5.32 Å². The number of nitro benzene ring substituents is 2. The number of hydrogen-bond acceptors (Lipinski definition) is 5. The Kier molecular flexibility index (Phi) is 4.31. The highest BCUT2D eigenvalue weighted by atomic mass is 16.6. The third-order valence-corrected chi connectivity index (χ3v) is 3.40. The molecule has 0 aliphatic heterocycles. The molecule has 0 saturated carbocycles. The van der Waals surface area contributed by atoms with Crippen LogP contribution in [0.5, 0.6) is 0 Å². The summed E-state index contributed by atoms with van der Waals surface area (Å²) in [6, 6.07) is 11.4. The summed E-state index contributed by atoms with van der Waals surface area (Å²) in [5, 5.41) is 25.6. The van der Waals surface area contributed by atoms with Crippen LogP contribution in [0.25, 0.3) is 0 Å². The number of anilines is 2. The fourth-order valence-electron chi connectivity index (χ4n) is 2.13. The van der Waals surface area contributed by atoms with Gasteiger partial charge in [-0.3, -0.25) is 20.2 Å². The molecular formula is C16H17N3O4. The molecule has 0 saturated heterocycles. The molecule has 2 rings (SSSR count). The molecule has 0 heterocycles. The molecule has 2 aromatic rings. The number of benzene rings is 2. The lowest BCUT2D eigenvalue weighted by atomic mass is 9.86. The summed E-state index contributed by atoms with van der Waals surface area (Å²) < 4.78 is 0. The number of rotatable bonds is 4. The van der Waals surface area contributed by atoms with E-state index in [1.165, 1.54) is 12.1 Å². The van der Waals surface area contributed by atoms with Crippen LogP contribution in [0, 0.1) is 20.2 Å². The van der Waals surface area contributed by atoms with Gasteiger partial charge >= 0.3 is 0 Å². The van der Waals surface area contributed by atoms with E-state index in [0.29, 0.717) is 11.3 Å². The van der Waals surface area contributed by atoms with Crippen molar-refractivity contribution >= 4 is 22.7 Å². The minimum Gasteiger partial charge on any atom is -0.344 e. The van der Waals surface area contributed by atoms with Gasteiger partial charge in [0.05, 0.1) is 9.85 Å². The van der Waals surface area contributed by atoms with Crippen LogP contribution in [-0.2, 0) is 5.41 Å². The van der Waals surface area contributed by atoms with Crippen molar-refractivity contribution in [2.75, 3.05) is 5.32 Å². The summed E-state index contributed by atoms with van der Waals surface area (Å²) in [4.78, 5) is 21.6. The third-order valence-electron chi connectivity index (χ3n) is 3.40. The zero-order valence-electron chi connectivity index (χ0n) is 13.1. The van der Waals surface area contributed by atoms with E-state index in [0.717, 1.165) is 0 Å². The largest absolute Gasteiger partial charge is 0.344 e. The maximum Gasteiger partial charge on any atom is 0.300 e. The highest BCUT2D eigenvalue weighted by Gasteiger charge is 2.30. The molecule has 1 N–H and O–H groups in total. The van der Waals surface area contributed by atoms with Crippen LogP contribution in [0.4, 0.5) is 22.7 Å². The van der Waals surface area contributed by atoms with E-state index in [1.807, 2.05) is 20.8 Å². The first-order valence-corrected chi connectivity index (χ1v) is 6.99. The van der Waals surface area contributed by atoms with Crippen LogP contribution in [-0.4, -0.2) is 9.85 Å². The van der Waals surface area contributed by atoms with Gasteiger partial charge in [-0.15, -0.1) is 0 Å². The zero-order chi connectivity index (χ0) is 17.2. The molecule has 0 bridgehead atoms. The molecule has 7 nitrogen and oxygen atoms in total. The summed E-state index contributed by atoms with van der Waals surface area (Å²) in [5.41, 5.74) is -0.0993. The van der Waals surface area contributed by atoms with Crippen molar-refractivity contribution in [2.45, 2.75) is 26.2 Å². The van der Waals surface area contributed by atoms with Crippen LogP contribution in [0.1, 0.15) is 26.3 Å². The number of nitro groups is 2. The van der Waals surface area contributed by atoms with E-state index in [2.05, 4.69) is 5.32 Å². The van der Waals surface area contributed by atoms with Gasteiger partial charge in [-0.2, -0.15) is 0 Å². The number of hydrogen-bond donors (Lipinski definition) is 1. The molecule has 0 aliphatic carbocycles. The Labute approximate surface area is 133 Å². The quantitative estimate of drug-likeness (QED) is 0.659. The van der Waals surface area contributed by atoms with Crippen LogP contribution in [0.3, 0.4) is 0 Å². The van der Waals surface area contributed by atoms with Crippen molar-refractivity contribution in [1.29, 1.82) is 0 Å². The van der Waals surface area contributed by atoms with Gasteiger partial charge in [0.1, 0.15) is 0 Å². The number of nitrogens with one attached hydrogen (secondary N) is 1. The topological polar surface area (TPSA) is 98.3 Å². The lowest BCUT2D eigenvalue weighted by molar-refractivity contribution is -0.392. The van der Waals surface area contributed by atoms with E-state index >= 15 is 0 Å². The first kappa shape index (κ1) is 16.4. The summed E-state index contributed by atoms with van der Waals surface area (Å²) in [6.45, 7) is 5.54. The molecule has 0 unspecified atom stereocenters. The highest BCUT2D eigenvalue weighted by Crippen LogP contribution is 2.40. The second-order valence-electron chi connectivity index (χ2n) is 6.14. The molecule has 0 atom stereocenters. The molecule has 120 valence electrons. The van der Waals surface area contributed by atoms with Gasteiger partial charge in [0, 0.05) is 17.8 Å². The Bertz CT molecular complexity index is 717. The predicted octanol–water partition coefficient (Wildman–Crippen LogP) is 4.54. The fraction of sp³-hybridized carbons (Fsp3) is 0.250. The monoisotopic (exact) mass is 315 g/mol. The molecule has 0 aliphatic rings. The van der Waals surface area contributed by atoms with E-state index in [1.54, 1.807) is 30.3 Å². The van der Waals surface area contributed by atoms with Gasteiger partial charge in [0.15, 0.2) is 5.69 Å². The van der Waals surface area contributed by atoms with Crippen molar-refractivity contribution in [2.24, 2.45) is 0 Å². The number of nitrogens with zero attached hydrogens (tertiary/aromatic N) is 2. The molecule has 23 heavy (non-hydrogen) atoms. The zero-order valence-corrected chi connectivity index (χ0v) is 13.1. The summed E-state index contributed by atoms with van der Waals surface area (Å²) in [7, 11) is 0. The van der Waals surface area contributed by atoms with E-state index in [4.69, 9.17) is 0 Å². The smallest absolute Gasteiger partial charge is 0.300 e. The van der Waals surface area contributed by atoms with Crippen LogP contribution < -0.4 is 5.32 Å². The van der Waals surface area contributed by atoms with Crippen LogP contribution in [0.15, 0.2) is 42.5 Å². The average Bonchev–Trinajstić information content (AvgIpc) is 2.46. The summed E-state index contributed by atoms with van der Waals surface area (Å²) >= 11 is 0. The normalized spacial score (nSPS) is 11.1. The fourth-order valence-corrected chi connectivity index (χ4v) is 2.13. The van der Waals surface area contributed by atoms with Crippen molar-refractivity contribution in [1.82, 2.24) is 0 Å². The Hall–Kier alpha value is -2.96. The molecule has 7 heteroatoms. The SMILES string of the molecule is CC(C)(C)c1cc([N+](=O)[O-])c(Nc2ccccc2)c([N+](=O)[O-])c1. The van der Waals surface area contributed by atoms with E-state index in [-0.39, 0.29) is 17.1 Å².